The molecule has 1 rings (SSSR count). The Kier molecular flexibility index (Phi) is 5.68. The highest BCUT2D eigenvalue weighted by atomic mass is 16.5. The van der Waals surface area contributed by atoms with Gasteiger partial charge < -0.3 is 15.2 Å². The molecule has 120 valence electrons. The van der Waals surface area contributed by atoms with E-state index in [0.29, 0.717) is 0 Å². The zero-order valence-electron chi connectivity index (χ0n) is 13.2. The monoisotopic (exact) mass is 307 g/mol. The number of nitrogens with one attached hydrogen (secondary N) is 1. The van der Waals surface area contributed by atoms with Crippen LogP contribution in [0.2, 0.25) is 0 Å². The maximum absolute atomic E-state index is 11.7. The molecule has 0 saturated heterocycles. The van der Waals surface area contributed by atoms with Gasteiger partial charge in [0.1, 0.15) is 6.61 Å². The normalized spacial score (nSPS) is 12.4. The van der Waals surface area contributed by atoms with Gasteiger partial charge in [0.05, 0.1) is 0 Å². The first-order valence-corrected chi connectivity index (χ1v) is 6.87. The van der Waals surface area contributed by atoms with E-state index >= 15 is 0 Å². The summed E-state index contributed by atoms with van der Waals surface area (Å²) in [5.41, 5.74) is 1.91. The number of amides is 1. The fourth-order valence-corrected chi connectivity index (χ4v) is 1.76. The van der Waals surface area contributed by atoms with Crippen molar-refractivity contribution in [2.24, 2.45) is 0 Å². The van der Waals surface area contributed by atoms with Crippen LogP contribution in [0, 0.1) is 0 Å². The molecule has 0 aliphatic rings. The average Bonchev–Trinajstić information content (AvgIpc) is 2.41. The molecule has 1 aromatic carbocycles. The largest absolute Gasteiger partial charge is 0.479 e. The fraction of sp³-hybridized carbons (Fsp3) is 0.438. The lowest BCUT2D eigenvalue weighted by Crippen LogP contribution is -2.46. The van der Waals surface area contributed by atoms with Gasteiger partial charge in [-0.15, -0.1) is 0 Å². The molecule has 1 atom stereocenters. The summed E-state index contributed by atoms with van der Waals surface area (Å²) in [4.78, 5) is 33.5. The number of carbonyl (C=O) groups excluding carboxylic acids is 2. The zero-order chi connectivity index (χ0) is 16.9. The topological polar surface area (TPSA) is 92.7 Å². The van der Waals surface area contributed by atoms with Crippen molar-refractivity contribution in [3.63, 3.8) is 0 Å². The van der Waals surface area contributed by atoms with Crippen molar-refractivity contribution in [1.82, 2.24) is 5.32 Å². The van der Waals surface area contributed by atoms with Gasteiger partial charge in [0.25, 0.3) is 0 Å². The van der Waals surface area contributed by atoms with E-state index in [1.165, 1.54) is 0 Å². The summed E-state index contributed by atoms with van der Waals surface area (Å²) in [7, 11) is 0. The van der Waals surface area contributed by atoms with Crippen molar-refractivity contribution in [2.75, 3.05) is 0 Å². The fourth-order valence-electron chi connectivity index (χ4n) is 1.76. The van der Waals surface area contributed by atoms with Crippen LogP contribution in [0.5, 0.6) is 0 Å². The predicted molar refractivity (Wildman–Crippen MR) is 80.2 cm³/mol. The Morgan fingerprint density at radius 2 is 1.73 bits per heavy atom. The second-order valence-corrected chi connectivity index (χ2v) is 6.03. The maximum Gasteiger partial charge on any atom is 0.340 e. The summed E-state index contributed by atoms with van der Waals surface area (Å²) >= 11 is 0. The summed E-state index contributed by atoms with van der Waals surface area (Å²) in [5, 5.41) is 10.9. The number of carboxylic acids is 1. The smallest absolute Gasteiger partial charge is 0.340 e. The lowest BCUT2D eigenvalue weighted by molar-refractivity contribution is -0.157. The third kappa shape index (κ3) is 5.20. The average molecular weight is 307 g/mol. The highest BCUT2D eigenvalue weighted by Gasteiger charge is 2.28. The number of aliphatic carboxylic acids is 1. The first-order valence-electron chi connectivity index (χ1n) is 6.87. The van der Waals surface area contributed by atoms with Crippen LogP contribution in [0.25, 0.3) is 0 Å². The summed E-state index contributed by atoms with van der Waals surface area (Å²) < 4.78 is 4.94. The second-order valence-electron chi connectivity index (χ2n) is 6.03. The van der Waals surface area contributed by atoms with E-state index in [9.17, 15) is 14.4 Å². The van der Waals surface area contributed by atoms with Crippen LogP contribution in [-0.4, -0.2) is 29.0 Å². The Balaban J connectivity index is 2.66. The Hall–Kier alpha value is -2.37. The van der Waals surface area contributed by atoms with Crippen LogP contribution in [0.1, 0.15) is 38.8 Å². The quantitative estimate of drug-likeness (QED) is 0.637. The van der Waals surface area contributed by atoms with Crippen molar-refractivity contribution >= 4 is 17.8 Å². The highest BCUT2D eigenvalue weighted by molar-refractivity contribution is 6.01. The molecule has 0 saturated carbocycles. The molecule has 0 fully saturated rings. The Labute approximate surface area is 129 Å². The SMILES string of the molecule is CC(=O)NC(C(=O)O)C(=O)OCc1ccc(C(C)(C)C)cc1. The summed E-state index contributed by atoms with van der Waals surface area (Å²) in [6.45, 7) is 7.35. The number of hydrogen-bond acceptors (Lipinski definition) is 4. The zero-order valence-corrected chi connectivity index (χ0v) is 13.2. The number of benzene rings is 1. The van der Waals surface area contributed by atoms with Crippen LogP contribution in [-0.2, 0) is 31.1 Å². The highest BCUT2D eigenvalue weighted by Crippen LogP contribution is 2.22. The minimum atomic E-state index is -1.69. The Morgan fingerprint density at radius 1 is 1.18 bits per heavy atom. The third-order valence-electron chi connectivity index (χ3n) is 3.03. The molecular formula is C16H21NO5. The second kappa shape index (κ2) is 7.06. The maximum atomic E-state index is 11.7. The van der Waals surface area contributed by atoms with Crippen molar-refractivity contribution in [2.45, 2.75) is 45.8 Å². The van der Waals surface area contributed by atoms with Crippen molar-refractivity contribution in [1.29, 1.82) is 0 Å². The number of carboxylic acid groups (broad SMARTS) is 1. The van der Waals surface area contributed by atoms with Crippen LogP contribution in [0.4, 0.5) is 0 Å². The molecule has 0 spiro atoms. The molecule has 22 heavy (non-hydrogen) atoms. The van der Waals surface area contributed by atoms with Gasteiger partial charge in [-0.25, -0.2) is 9.59 Å². The van der Waals surface area contributed by atoms with Gasteiger partial charge in [-0.3, -0.25) is 4.79 Å². The lowest BCUT2D eigenvalue weighted by atomic mass is 9.87. The minimum absolute atomic E-state index is 0.0228. The molecule has 6 nitrogen and oxygen atoms in total. The van der Waals surface area contributed by atoms with Gasteiger partial charge >= 0.3 is 11.9 Å². The summed E-state index contributed by atoms with van der Waals surface area (Å²) in [6, 6.07) is 5.83. The first-order chi connectivity index (χ1) is 10.1. The number of ether oxygens (including phenoxy) is 1. The summed E-state index contributed by atoms with van der Waals surface area (Å²) in [5.74, 6) is -3.07. The van der Waals surface area contributed by atoms with E-state index in [1.54, 1.807) is 0 Å². The van der Waals surface area contributed by atoms with Crippen LogP contribution in [0.3, 0.4) is 0 Å². The van der Waals surface area contributed by atoms with E-state index in [0.717, 1.165) is 18.1 Å². The Morgan fingerprint density at radius 3 is 2.14 bits per heavy atom. The molecule has 1 aromatic rings. The van der Waals surface area contributed by atoms with Gasteiger partial charge in [-0.2, -0.15) is 0 Å². The molecule has 0 aliphatic heterocycles. The van der Waals surface area contributed by atoms with Crippen molar-refractivity contribution < 1.29 is 24.2 Å². The van der Waals surface area contributed by atoms with E-state index in [4.69, 9.17) is 9.84 Å². The van der Waals surface area contributed by atoms with Crippen molar-refractivity contribution in [3.8, 4) is 0 Å². The van der Waals surface area contributed by atoms with Crippen molar-refractivity contribution in [3.05, 3.63) is 35.4 Å². The van der Waals surface area contributed by atoms with Gasteiger partial charge in [-0.1, -0.05) is 45.0 Å². The van der Waals surface area contributed by atoms with Gasteiger partial charge in [0.15, 0.2) is 0 Å². The van der Waals surface area contributed by atoms with E-state index in [2.05, 4.69) is 20.8 Å². The van der Waals surface area contributed by atoms with Gasteiger partial charge in [0, 0.05) is 6.92 Å². The molecule has 6 heteroatoms. The number of rotatable bonds is 5. The molecular weight excluding hydrogens is 286 g/mol. The molecule has 0 heterocycles. The first kappa shape index (κ1) is 17.7. The van der Waals surface area contributed by atoms with E-state index in [-0.39, 0.29) is 12.0 Å². The Bertz CT molecular complexity index is 557. The minimum Gasteiger partial charge on any atom is -0.479 e. The summed E-state index contributed by atoms with van der Waals surface area (Å²) in [6.07, 6.45) is 0. The molecule has 0 aromatic heterocycles. The molecule has 1 amide bonds. The lowest BCUT2D eigenvalue weighted by Gasteiger charge is -2.19. The van der Waals surface area contributed by atoms with E-state index < -0.39 is 23.9 Å². The van der Waals surface area contributed by atoms with E-state index in [1.807, 2.05) is 29.6 Å². The van der Waals surface area contributed by atoms with Gasteiger partial charge in [0.2, 0.25) is 11.9 Å². The predicted octanol–water partition coefficient (Wildman–Crippen LogP) is 1.62. The number of esters is 1. The standard InChI is InChI=1S/C16H21NO5/c1-10(18)17-13(14(19)20)15(21)22-9-11-5-7-12(8-6-11)16(2,3)4/h5-8,13H,9H2,1-4H3,(H,17,18)(H,19,20). The van der Waals surface area contributed by atoms with Crippen LogP contribution >= 0.6 is 0 Å². The third-order valence-corrected chi connectivity index (χ3v) is 3.03. The molecule has 2 N–H and O–H groups in total. The molecule has 1 unspecified atom stereocenters. The molecule has 0 bridgehead atoms. The number of carbonyl (C=O) groups is 3. The molecule has 0 aliphatic carbocycles. The number of hydrogen-bond donors (Lipinski definition) is 2. The van der Waals surface area contributed by atoms with Gasteiger partial charge in [-0.05, 0) is 16.5 Å². The van der Waals surface area contributed by atoms with Crippen LogP contribution < -0.4 is 5.32 Å². The molecule has 0 radical (unpaired) electrons. The van der Waals surface area contributed by atoms with Crippen LogP contribution in [0.15, 0.2) is 24.3 Å².